The molecule has 0 spiro atoms. The van der Waals surface area contributed by atoms with Crippen LogP contribution in [-0.2, 0) is 0 Å². The number of rotatable bonds is 7. The van der Waals surface area contributed by atoms with Gasteiger partial charge < -0.3 is 0 Å². The number of halogens is 2. The Bertz CT molecular complexity index is 475. The Morgan fingerprint density at radius 2 is 1.65 bits per heavy atom. The third kappa shape index (κ3) is 5.90. The average Bonchev–Trinajstić information content (AvgIpc) is 2.54. The Balaban J connectivity index is 1.69. The lowest BCUT2D eigenvalue weighted by Gasteiger charge is -2.27. The molecule has 0 nitrogen and oxygen atoms in total. The highest BCUT2D eigenvalue weighted by atomic mass is 19.2. The molecule has 23 heavy (non-hydrogen) atoms. The molecule has 0 amide bonds. The Hall–Kier alpha value is -0.920. The van der Waals surface area contributed by atoms with Crippen LogP contribution in [0, 0.1) is 29.4 Å². The maximum Gasteiger partial charge on any atom is 0.159 e. The molecule has 1 saturated carbocycles. The van der Waals surface area contributed by atoms with Crippen molar-refractivity contribution < 1.29 is 8.78 Å². The molecule has 2 heteroatoms. The first-order valence-electron chi connectivity index (χ1n) is 9.40. The Morgan fingerprint density at radius 3 is 2.30 bits per heavy atom. The van der Waals surface area contributed by atoms with Gasteiger partial charge in [-0.3, -0.25) is 0 Å². The van der Waals surface area contributed by atoms with Crippen LogP contribution in [0.25, 0.3) is 0 Å². The van der Waals surface area contributed by atoms with Crippen LogP contribution < -0.4 is 0 Å². The Labute approximate surface area is 140 Å². The zero-order valence-corrected chi connectivity index (χ0v) is 15.0. The monoisotopic (exact) mass is 322 g/mol. The first-order chi connectivity index (χ1) is 11.0. The first-order valence-corrected chi connectivity index (χ1v) is 9.40. The van der Waals surface area contributed by atoms with Gasteiger partial charge in [-0.2, -0.15) is 0 Å². The highest BCUT2D eigenvalue weighted by molar-refractivity contribution is 5.21. The lowest BCUT2D eigenvalue weighted by Crippen LogP contribution is -2.13. The molecule has 2 unspecified atom stereocenters. The molecule has 2 rings (SSSR count). The molecule has 1 fully saturated rings. The lowest BCUT2D eigenvalue weighted by atomic mass is 9.79. The molecule has 130 valence electrons. The minimum Gasteiger partial charge on any atom is -0.204 e. The highest BCUT2D eigenvalue weighted by Gasteiger charge is 2.19. The third-order valence-corrected chi connectivity index (χ3v) is 5.81. The largest absolute Gasteiger partial charge is 0.204 e. The fraction of sp³-hybridized carbons (Fsp3) is 0.714. The van der Waals surface area contributed by atoms with Crippen LogP contribution in [-0.4, -0.2) is 0 Å². The summed E-state index contributed by atoms with van der Waals surface area (Å²) in [7, 11) is 0. The maximum absolute atomic E-state index is 13.3. The fourth-order valence-electron chi connectivity index (χ4n) is 3.80. The van der Waals surface area contributed by atoms with E-state index in [1.165, 1.54) is 57.1 Å². The van der Waals surface area contributed by atoms with Crippen molar-refractivity contribution in [2.75, 3.05) is 0 Å². The predicted molar refractivity (Wildman–Crippen MR) is 93.5 cm³/mol. The van der Waals surface area contributed by atoms with Crippen molar-refractivity contribution in [3.05, 3.63) is 35.4 Å². The topological polar surface area (TPSA) is 0 Å². The van der Waals surface area contributed by atoms with Gasteiger partial charge in [0, 0.05) is 0 Å². The summed E-state index contributed by atoms with van der Waals surface area (Å²) in [5, 5.41) is 0. The molecule has 0 heterocycles. The molecule has 1 aromatic carbocycles. The van der Waals surface area contributed by atoms with Gasteiger partial charge in [0.2, 0.25) is 0 Å². The second-order valence-electron chi connectivity index (χ2n) is 7.96. The van der Waals surface area contributed by atoms with Gasteiger partial charge in [-0.1, -0.05) is 71.8 Å². The summed E-state index contributed by atoms with van der Waals surface area (Å²) in [6, 6.07) is 4.32. The number of benzene rings is 1. The van der Waals surface area contributed by atoms with Gasteiger partial charge in [0.1, 0.15) is 0 Å². The van der Waals surface area contributed by atoms with E-state index in [9.17, 15) is 8.78 Å². The van der Waals surface area contributed by atoms with Crippen LogP contribution in [0.15, 0.2) is 18.2 Å². The molecule has 0 aliphatic heterocycles. The van der Waals surface area contributed by atoms with E-state index in [1.54, 1.807) is 6.07 Å². The maximum atomic E-state index is 13.3. The minimum atomic E-state index is -0.754. The summed E-state index contributed by atoms with van der Waals surface area (Å²) in [4.78, 5) is 0. The van der Waals surface area contributed by atoms with Crippen LogP contribution in [0.2, 0.25) is 0 Å². The summed E-state index contributed by atoms with van der Waals surface area (Å²) in [6.45, 7) is 6.82. The SMILES string of the molecule is CC1CCC(CCC(C)CCC(C)c2ccc(F)c(F)c2)CC1. The van der Waals surface area contributed by atoms with Crippen LogP contribution in [0.3, 0.4) is 0 Å². The van der Waals surface area contributed by atoms with Gasteiger partial charge in [-0.15, -0.1) is 0 Å². The van der Waals surface area contributed by atoms with Crippen LogP contribution in [0.5, 0.6) is 0 Å². The lowest BCUT2D eigenvalue weighted by molar-refractivity contribution is 0.259. The summed E-state index contributed by atoms with van der Waals surface area (Å²) in [6.07, 6.45) is 10.5. The van der Waals surface area contributed by atoms with Crippen molar-refractivity contribution in [1.82, 2.24) is 0 Å². The van der Waals surface area contributed by atoms with E-state index < -0.39 is 11.6 Å². The van der Waals surface area contributed by atoms with Gasteiger partial charge in [0.15, 0.2) is 11.6 Å². The van der Waals surface area contributed by atoms with Crippen LogP contribution >= 0.6 is 0 Å². The molecular formula is C21H32F2. The van der Waals surface area contributed by atoms with Crippen molar-refractivity contribution >= 4 is 0 Å². The first kappa shape index (κ1) is 18.4. The van der Waals surface area contributed by atoms with Crippen molar-refractivity contribution in [2.45, 2.75) is 78.1 Å². The molecule has 0 aromatic heterocycles. The van der Waals surface area contributed by atoms with Crippen LogP contribution in [0.4, 0.5) is 8.78 Å². The highest BCUT2D eigenvalue weighted by Crippen LogP contribution is 2.33. The molecule has 1 aliphatic carbocycles. The van der Waals surface area contributed by atoms with Gasteiger partial charge in [-0.05, 0) is 47.8 Å². The second-order valence-corrected chi connectivity index (χ2v) is 7.96. The minimum absolute atomic E-state index is 0.295. The Kier molecular flexibility index (Phi) is 7.05. The van der Waals surface area contributed by atoms with Gasteiger partial charge in [0.05, 0.1) is 0 Å². The number of hydrogen-bond donors (Lipinski definition) is 0. The Morgan fingerprint density at radius 1 is 0.957 bits per heavy atom. The molecule has 0 N–H and O–H groups in total. The third-order valence-electron chi connectivity index (χ3n) is 5.81. The zero-order chi connectivity index (χ0) is 16.8. The predicted octanol–water partition coefficient (Wildman–Crippen LogP) is 7.09. The van der Waals surface area contributed by atoms with E-state index in [-0.39, 0.29) is 0 Å². The van der Waals surface area contributed by atoms with E-state index in [4.69, 9.17) is 0 Å². The molecule has 1 aliphatic rings. The molecule has 2 atom stereocenters. The van der Waals surface area contributed by atoms with Crippen molar-refractivity contribution in [3.8, 4) is 0 Å². The van der Waals surface area contributed by atoms with Crippen molar-refractivity contribution in [3.63, 3.8) is 0 Å². The normalized spacial score (nSPS) is 24.4. The quantitative estimate of drug-likeness (QED) is 0.502. The smallest absolute Gasteiger partial charge is 0.159 e. The van der Waals surface area contributed by atoms with Gasteiger partial charge in [0.25, 0.3) is 0 Å². The van der Waals surface area contributed by atoms with E-state index in [0.717, 1.165) is 29.7 Å². The van der Waals surface area contributed by atoms with E-state index in [0.29, 0.717) is 5.92 Å². The number of hydrogen-bond acceptors (Lipinski definition) is 0. The second kappa shape index (κ2) is 8.80. The fourth-order valence-corrected chi connectivity index (χ4v) is 3.80. The van der Waals surface area contributed by atoms with Gasteiger partial charge >= 0.3 is 0 Å². The molecule has 0 saturated heterocycles. The molecular weight excluding hydrogens is 290 g/mol. The van der Waals surface area contributed by atoms with Crippen LogP contribution in [0.1, 0.15) is 83.6 Å². The van der Waals surface area contributed by atoms with Gasteiger partial charge in [-0.25, -0.2) is 8.78 Å². The molecule has 0 bridgehead atoms. The summed E-state index contributed by atoms with van der Waals surface area (Å²) < 4.78 is 26.3. The standard InChI is InChI=1S/C21H32F2/c1-15(5-9-18-10-6-16(2)7-11-18)4-8-17(3)19-12-13-20(22)21(23)14-19/h12-18H,4-11H2,1-3H3. The van der Waals surface area contributed by atoms with Crippen molar-refractivity contribution in [1.29, 1.82) is 0 Å². The summed E-state index contributed by atoms with van der Waals surface area (Å²) >= 11 is 0. The zero-order valence-electron chi connectivity index (χ0n) is 15.0. The molecule has 0 radical (unpaired) electrons. The van der Waals surface area contributed by atoms with E-state index >= 15 is 0 Å². The summed E-state index contributed by atoms with van der Waals surface area (Å²) in [5.41, 5.74) is 0.914. The summed E-state index contributed by atoms with van der Waals surface area (Å²) in [5.74, 6) is 1.41. The van der Waals surface area contributed by atoms with Crippen molar-refractivity contribution in [2.24, 2.45) is 17.8 Å². The van der Waals surface area contributed by atoms with E-state index in [1.807, 2.05) is 0 Å². The van der Waals surface area contributed by atoms with E-state index in [2.05, 4.69) is 20.8 Å². The average molecular weight is 322 g/mol. The molecule has 1 aromatic rings.